The topological polar surface area (TPSA) is 65.5 Å². The lowest BCUT2D eigenvalue weighted by Gasteiger charge is -2.32. The van der Waals surface area contributed by atoms with E-state index in [1.165, 1.54) is 12.8 Å². The Bertz CT molecular complexity index is 1220. The first-order valence-electron chi connectivity index (χ1n) is 11.7. The maximum Gasteiger partial charge on any atom is 0.163 e. The van der Waals surface area contributed by atoms with Crippen molar-refractivity contribution < 1.29 is 9.90 Å². The SMILES string of the molecule is CC(=O)c1c(C)nc2ccc(-c3cc(Cl)c(O)c(Cl)c3)cc2c1NC1CCC(CN(C)C)CC1.Cl. The number of halogens is 3. The smallest absolute Gasteiger partial charge is 0.163 e. The fourth-order valence-corrected chi connectivity index (χ4v) is 5.58. The number of carbonyl (C=O) groups is 1. The third-order valence-electron chi connectivity index (χ3n) is 6.69. The predicted octanol–water partition coefficient (Wildman–Crippen LogP) is 7.38. The number of aryl methyl sites for hydroxylation is 1. The molecular weight excluding hydrogens is 505 g/mol. The molecule has 2 N–H and O–H groups in total. The lowest BCUT2D eigenvalue weighted by Crippen LogP contribution is -2.31. The number of nitrogens with zero attached hydrogens (tertiary/aromatic N) is 2. The molecule has 0 spiro atoms. The molecule has 0 saturated heterocycles. The predicted molar refractivity (Wildman–Crippen MR) is 149 cm³/mol. The van der Waals surface area contributed by atoms with Crippen molar-refractivity contribution in [1.29, 1.82) is 0 Å². The maximum atomic E-state index is 12.7. The van der Waals surface area contributed by atoms with Gasteiger partial charge in [0.05, 0.1) is 32.5 Å². The highest BCUT2D eigenvalue weighted by Crippen LogP contribution is 2.39. The highest BCUT2D eigenvalue weighted by atomic mass is 35.5. The molecule has 0 amide bonds. The minimum absolute atomic E-state index is 0. The van der Waals surface area contributed by atoms with Crippen LogP contribution in [0, 0.1) is 12.8 Å². The monoisotopic (exact) mass is 535 g/mol. The molecule has 0 bridgehead atoms. The third-order valence-corrected chi connectivity index (χ3v) is 7.26. The second-order valence-electron chi connectivity index (χ2n) is 9.65. The van der Waals surface area contributed by atoms with E-state index >= 15 is 0 Å². The molecule has 0 atom stereocenters. The van der Waals surface area contributed by atoms with E-state index in [-0.39, 0.29) is 34.0 Å². The summed E-state index contributed by atoms with van der Waals surface area (Å²) in [6.07, 6.45) is 4.48. The zero-order chi connectivity index (χ0) is 24.6. The van der Waals surface area contributed by atoms with E-state index in [0.717, 1.165) is 52.8 Å². The number of Topliss-reactive ketones (excluding diaryl/α,β-unsaturated/α-hetero) is 1. The first-order chi connectivity index (χ1) is 16.1. The van der Waals surface area contributed by atoms with Crippen molar-refractivity contribution in [1.82, 2.24) is 9.88 Å². The van der Waals surface area contributed by atoms with Crippen molar-refractivity contribution in [3.05, 3.63) is 51.6 Å². The molecule has 2 aromatic carbocycles. The molecular formula is C27H32Cl3N3O2. The summed E-state index contributed by atoms with van der Waals surface area (Å²) in [4.78, 5) is 19.7. The Kier molecular flexibility index (Phi) is 8.92. The highest BCUT2D eigenvalue weighted by molar-refractivity contribution is 6.37. The zero-order valence-electron chi connectivity index (χ0n) is 20.5. The molecule has 5 nitrogen and oxygen atoms in total. The normalized spacial score (nSPS) is 17.9. The van der Waals surface area contributed by atoms with Crippen molar-refractivity contribution in [2.45, 2.75) is 45.6 Å². The minimum Gasteiger partial charge on any atom is -0.505 e. The fraction of sp³-hybridized carbons (Fsp3) is 0.407. The summed E-state index contributed by atoms with van der Waals surface area (Å²) in [6, 6.07) is 9.62. The lowest BCUT2D eigenvalue weighted by molar-refractivity contribution is 0.101. The standard InChI is InChI=1S/C27H31Cl2N3O2.ClH/c1-15-25(16(2)33)26(31-20-8-5-17(6-9-20)14-32(3)4)21-11-18(7-10-24(21)30-15)19-12-22(28)27(34)23(29)13-19;/h7,10-13,17,20,34H,5-6,8-9,14H2,1-4H3,(H,30,31);1H. The van der Waals surface area contributed by atoms with E-state index in [4.69, 9.17) is 28.2 Å². The molecule has 188 valence electrons. The summed E-state index contributed by atoms with van der Waals surface area (Å²) >= 11 is 12.3. The van der Waals surface area contributed by atoms with Crippen LogP contribution >= 0.6 is 35.6 Å². The molecule has 0 aliphatic heterocycles. The van der Waals surface area contributed by atoms with Crippen molar-refractivity contribution in [2.75, 3.05) is 26.0 Å². The summed E-state index contributed by atoms with van der Waals surface area (Å²) in [5, 5.41) is 15.0. The number of phenolic OH excluding ortho intramolecular Hbond substituents is 1. The molecule has 0 radical (unpaired) electrons. The van der Waals surface area contributed by atoms with E-state index in [0.29, 0.717) is 17.5 Å². The van der Waals surface area contributed by atoms with Gasteiger partial charge in [-0.05, 0) is 94.9 Å². The molecule has 1 aliphatic carbocycles. The van der Waals surface area contributed by atoms with E-state index in [9.17, 15) is 9.90 Å². The molecule has 35 heavy (non-hydrogen) atoms. The number of ketones is 1. The van der Waals surface area contributed by atoms with E-state index in [1.807, 2.05) is 25.1 Å². The Morgan fingerprint density at radius 1 is 1.09 bits per heavy atom. The Labute approximate surface area is 223 Å². The van der Waals surface area contributed by atoms with Crippen molar-refractivity contribution in [2.24, 2.45) is 5.92 Å². The number of aromatic nitrogens is 1. The molecule has 8 heteroatoms. The fourth-order valence-electron chi connectivity index (χ4n) is 5.09. The number of pyridine rings is 1. The number of anilines is 1. The van der Waals surface area contributed by atoms with Crippen LogP contribution < -0.4 is 5.32 Å². The quantitative estimate of drug-likeness (QED) is 0.322. The minimum atomic E-state index is -0.128. The van der Waals surface area contributed by atoms with E-state index < -0.39 is 0 Å². The van der Waals surface area contributed by atoms with Gasteiger partial charge >= 0.3 is 0 Å². The van der Waals surface area contributed by atoms with Crippen LogP contribution in [0.5, 0.6) is 5.75 Å². The first-order valence-corrected chi connectivity index (χ1v) is 12.4. The average molecular weight is 537 g/mol. The Balaban J connectivity index is 0.00000342. The number of carbonyl (C=O) groups excluding carboxylic acids is 1. The molecule has 3 aromatic rings. The lowest BCUT2D eigenvalue weighted by atomic mass is 9.85. The van der Waals surface area contributed by atoms with Gasteiger partial charge in [0.2, 0.25) is 0 Å². The summed E-state index contributed by atoms with van der Waals surface area (Å²) in [7, 11) is 4.25. The molecule has 4 rings (SSSR count). The Hall–Kier alpha value is -2.05. The van der Waals surface area contributed by atoms with Gasteiger partial charge in [-0.25, -0.2) is 0 Å². The van der Waals surface area contributed by atoms with Crippen LogP contribution in [-0.4, -0.2) is 47.5 Å². The van der Waals surface area contributed by atoms with Gasteiger partial charge in [0, 0.05) is 18.0 Å². The van der Waals surface area contributed by atoms with Gasteiger partial charge in [0.25, 0.3) is 0 Å². The highest BCUT2D eigenvalue weighted by Gasteiger charge is 2.25. The number of benzene rings is 2. The van der Waals surface area contributed by atoms with E-state index in [1.54, 1.807) is 19.1 Å². The van der Waals surface area contributed by atoms with Gasteiger partial charge < -0.3 is 15.3 Å². The van der Waals surface area contributed by atoms with Crippen molar-refractivity contribution in [3.8, 4) is 16.9 Å². The molecule has 1 aliphatic rings. The molecule has 1 heterocycles. The van der Waals surface area contributed by atoms with E-state index in [2.05, 4.69) is 24.3 Å². The number of aromatic hydroxyl groups is 1. The number of nitrogens with one attached hydrogen (secondary N) is 1. The van der Waals surface area contributed by atoms with Crippen LogP contribution in [0.15, 0.2) is 30.3 Å². The average Bonchev–Trinajstić information content (AvgIpc) is 2.77. The Morgan fingerprint density at radius 3 is 2.29 bits per heavy atom. The summed E-state index contributed by atoms with van der Waals surface area (Å²) in [6.45, 7) is 4.60. The summed E-state index contributed by atoms with van der Waals surface area (Å²) in [5.41, 5.74) is 4.72. The van der Waals surface area contributed by atoms with Gasteiger partial charge in [-0.3, -0.25) is 9.78 Å². The molecule has 1 saturated carbocycles. The molecule has 1 fully saturated rings. The van der Waals surface area contributed by atoms with Crippen molar-refractivity contribution >= 4 is 58.0 Å². The van der Waals surface area contributed by atoms with Crippen LogP contribution in [0.4, 0.5) is 5.69 Å². The number of fused-ring (bicyclic) bond motifs is 1. The van der Waals surface area contributed by atoms with Crippen LogP contribution in [0.25, 0.3) is 22.0 Å². The largest absolute Gasteiger partial charge is 0.505 e. The van der Waals surface area contributed by atoms with Crippen LogP contribution in [-0.2, 0) is 0 Å². The molecule has 0 unspecified atom stereocenters. The first kappa shape index (κ1) is 27.5. The van der Waals surface area contributed by atoms with Gasteiger partial charge in [0.15, 0.2) is 11.5 Å². The van der Waals surface area contributed by atoms with Crippen LogP contribution in [0.3, 0.4) is 0 Å². The van der Waals surface area contributed by atoms with Gasteiger partial charge in [-0.2, -0.15) is 0 Å². The Morgan fingerprint density at radius 2 is 1.71 bits per heavy atom. The third kappa shape index (κ3) is 6.03. The van der Waals surface area contributed by atoms with Gasteiger partial charge in [-0.15, -0.1) is 12.4 Å². The van der Waals surface area contributed by atoms with Crippen molar-refractivity contribution in [3.63, 3.8) is 0 Å². The van der Waals surface area contributed by atoms with Gasteiger partial charge in [0.1, 0.15) is 0 Å². The second kappa shape index (κ2) is 11.3. The second-order valence-corrected chi connectivity index (χ2v) is 10.5. The summed E-state index contributed by atoms with van der Waals surface area (Å²) in [5.74, 6) is 0.583. The molecule has 1 aromatic heterocycles. The summed E-state index contributed by atoms with van der Waals surface area (Å²) < 4.78 is 0. The number of rotatable bonds is 6. The van der Waals surface area contributed by atoms with Crippen LogP contribution in [0.1, 0.15) is 48.7 Å². The van der Waals surface area contributed by atoms with Crippen LogP contribution in [0.2, 0.25) is 10.0 Å². The number of hydrogen-bond donors (Lipinski definition) is 2. The van der Waals surface area contributed by atoms with Gasteiger partial charge in [-0.1, -0.05) is 29.3 Å². The number of phenols is 1. The zero-order valence-corrected chi connectivity index (χ0v) is 22.8. The number of hydrogen-bond acceptors (Lipinski definition) is 5. The maximum absolute atomic E-state index is 12.7.